The number of carboxylic acid groups (broad SMARTS) is 1. The Morgan fingerprint density at radius 3 is 1.91 bits per heavy atom. The van der Waals surface area contributed by atoms with Crippen LogP contribution in [0.3, 0.4) is 0 Å². The number of allylic oxidation sites excluding steroid dienone is 1. The normalized spacial score (nSPS) is 16.8. The van der Waals surface area contributed by atoms with E-state index in [9.17, 15) is 19.5 Å². The molecule has 1 amide bonds. The third-order valence-corrected chi connectivity index (χ3v) is 6.77. The molecule has 192 valence electrons. The zero-order valence-corrected chi connectivity index (χ0v) is 23.0. The van der Waals surface area contributed by atoms with E-state index in [1.807, 2.05) is 41.5 Å². The van der Waals surface area contributed by atoms with E-state index in [2.05, 4.69) is 31.4 Å². The topological polar surface area (TPSA) is 95.5 Å². The first kappa shape index (κ1) is 31.3. The fraction of sp³-hybridized carbons (Fsp3) is 0.815. The van der Waals surface area contributed by atoms with E-state index < -0.39 is 29.4 Å². The van der Waals surface area contributed by atoms with Crippen LogP contribution in [0.25, 0.3) is 0 Å². The lowest BCUT2D eigenvalue weighted by Crippen LogP contribution is -2.59. The van der Waals surface area contributed by atoms with Crippen molar-refractivity contribution in [3.63, 3.8) is 0 Å². The van der Waals surface area contributed by atoms with Gasteiger partial charge in [-0.3, -0.25) is 9.59 Å². The Morgan fingerprint density at radius 2 is 1.52 bits per heavy atom. The van der Waals surface area contributed by atoms with Crippen molar-refractivity contribution in [1.82, 2.24) is 10.6 Å². The van der Waals surface area contributed by atoms with E-state index >= 15 is 0 Å². The molecule has 6 heteroatoms. The number of ketones is 1. The zero-order valence-electron chi connectivity index (χ0n) is 23.0. The lowest BCUT2D eigenvalue weighted by atomic mass is 9.73. The van der Waals surface area contributed by atoms with Crippen LogP contribution in [0.15, 0.2) is 11.6 Å². The van der Waals surface area contributed by atoms with Gasteiger partial charge in [0.2, 0.25) is 5.91 Å². The van der Waals surface area contributed by atoms with Crippen LogP contribution in [0, 0.1) is 28.6 Å². The van der Waals surface area contributed by atoms with Crippen LogP contribution in [-0.2, 0) is 14.4 Å². The molecule has 0 rings (SSSR count). The third-order valence-electron chi connectivity index (χ3n) is 6.77. The van der Waals surface area contributed by atoms with Gasteiger partial charge in [-0.2, -0.15) is 0 Å². The first-order chi connectivity index (χ1) is 15.0. The number of carbonyl (C=O) groups is 3. The van der Waals surface area contributed by atoms with E-state index in [-0.39, 0.29) is 34.5 Å². The minimum absolute atomic E-state index is 0.0670. The predicted octanol–water partition coefficient (Wildman–Crippen LogP) is 5.22. The minimum atomic E-state index is -0.983. The van der Waals surface area contributed by atoms with Crippen LogP contribution in [-0.4, -0.2) is 41.9 Å². The van der Waals surface area contributed by atoms with E-state index in [4.69, 9.17) is 0 Å². The molecule has 0 aliphatic rings. The molecule has 0 radical (unpaired) electrons. The molecule has 0 aromatic heterocycles. The number of aliphatic carboxylic acids is 1. The molecule has 0 bridgehead atoms. The molecule has 0 spiro atoms. The van der Waals surface area contributed by atoms with Gasteiger partial charge in [-0.25, -0.2) is 4.79 Å². The van der Waals surface area contributed by atoms with Crippen molar-refractivity contribution in [2.75, 3.05) is 7.05 Å². The maximum atomic E-state index is 13.7. The van der Waals surface area contributed by atoms with Crippen LogP contribution in [0.1, 0.15) is 94.9 Å². The van der Waals surface area contributed by atoms with Crippen LogP contribution >= 0.6 is 0 Å². The Labute approximate surface area is 202 Å². The number of rotatable bonds is 14. The standard InChI is InChI=1S/C27H50N2O4/c1-12-13-14-15-27(9,10)23(28-11)24(31)29-22(26(6,7)8)21(30)19(5)20(17(2)3)16-18(4)25(32)33/h16-17,19-20,22-23,28H,12-15H2,1-11H3,(H,29,31)(H,32,33)/b18-16+/t19?,20-,22+,23+/m0/s1. The highest BCUT2D eigenvalue weighted by Crippen LogP contribution is 2.32. The van der Waals surface area contributed by atoms with Crippen molar-refractivity contribution >= 4 is 17.7 Å². The van der Waals surface area contributed by atoms with Gasteiger partial charge in [-0.1, -0.05) is 87.7 Å². The number of nitrogens with one attached hydrogen (secondary N) is 2. The monoisotopic (exact) mass is 466 g/mol. The van der Waals surface area contributed by atoms with Crippen LogP contribution in [0.2, 0.25) is 0 Å². The molecule has 1 unspecified atom stereocenters. The fourth-order valence-corrected chi connectivity index (χ4v) is 4.52. The van der Waals surface area contributed by atoms with Gasteiger partial charge < -0.3 is 15.7 Å². The lowest BCUT2D eigenvalue weighted by molar-refractivity contribution is -0.135. The second kappa shape index (κ2) is 13.3. The average Bonchev–Trinajstić information content (AvgIpc) is 2.68. The molecule has 0 saturated heterocycles. The van der Waals surface area contributed by atoms with Gasteiger partial charge in [0.15, 0.2) is 5.78 Å². The van der Waals surface area contributed by atoms with Gasteiger partial charge in [0.05, 0.1) is 12.1 Å². The minimum Gasteiger partial charge on any atom is -0.478 e. The van der Waals surface area contributed by atoms with E-state index in [0.29, 0.717) is 0 Å². The van der Waals surface area contributed by atoms with E-state index in [0.717, 1.165) is 25.7 Å². The molecule has 0 heterocycles. The number of carboxylic acids is 1. The molecule has 0 aromatic carbocycles. The first-order valence-corrected chi connectivity index (χ1v) is 12.4. The number of amides is 1. The molecular weight excluding hydrogens is 416 g/mol. The first-order valence-electron chi connectivity index (χ1n) is 12.4. The Hall–Kier alpha value is -1.69. The molecule has 4 atom stereocenters. The summed E-state index contributed by atoms with van der Waals surface area (Å²) in [7, 11) is 1.79. The largest absolute Gasteiger partial charge is 0.478 e. The molecule has 0 fully saturated rings. The summed E-state index contributed by atoms with van der Waals surface area (Å²) in [5.74, 6) is -1.81. The number of Topliss-reactive ketones (excluding diaryl/α,β-unsaturated/α-hetero) is 1. The summed E-state index contributed by atoms with van der Waals surface area (Å²) >= 11 is 0. The summed E-state index contributed by atoms with van der Waals surface area (Å²) in [5.41, 5.74) is -0.514. The van der Waals surface area contributed by atoms with Crippen molar-refractivity contribution < 1.29 is 19.5 Å². The molecule has 6 nitrogen and oxygen atoms in total. The number of unbranched alkanes of at least 4 members (excludes halogenated alkanes) is 2. The summed E-state index contributed by atoms with van der Waals surface area (Å²) in [6, 6.07) is -1.10. The quantitative estimate of drug-likeness (QED) is 0.241. The Morgan fingerprint density at radius 1 is 0.970 bits per heavy atom. The Balaban J connectivity index is 5.88. The van der Waals surface area contributed by atoms with Crippen molar-refractivity contribution in [3.05, 3.63) is 11.6 Å². The molecule has 0 aliphatic heterocycles. The van der Waals surface area contributed by atoms with Crippen molar-refractivity contribution in [2.24, 2.45) is 28.6 Å². The van der Waals surface area contributed by atoms with Gasteiger partial charge in [-0.15, -0.1) is 0 Å². The highest BCUT2D eigenvalue weighted by molar-refractivity contribution is 5.93. The highest BCUT2D eigenvalue weighted by Gasteiger charge is 2.41. The summed E-state index contributed by atoms with van der Waals surface area (Å²) < 4.78 is 0. The second-order valence-electron chi connectivity index (χ2n) is 11.6. The molecule has 0 saturated carbocycles. The van der Waals surface area contributed by atoms with Gasteiger partial charge in [0.25, 0.3) is 0 Å². The smallest absolute Gasteiger partial charge is 0.330 e. The zero-order chi connectivity index (χ0) is 26.1. The number of carbonyl (C=O) groups excluding carboxylic acids is 2. The maximum absolute atomic E-state index is 13.7. The van der Waals surface area contributed by atoms with Crippen molar-refractivity contribution in [3.8, 4) is 0 Å². The Kier molecular flexibility index (Phi) is 12.6. The summed E-state index contributed by atoms with van der Waals surface area (Å²) in [4.78, 5) is 38.4. The van der Waals surface area contributed by atoms with E-state index in [1.54, 1.807) is 20.0 Å². The highest BCUT2D eigenvalue weighted by atomic mass is 16.4. The number of hydrogen-bond acceptors (Lipinski definition) is 4. The predicted molar refractivity (Wildman–Crippen MR) is 136 cm³/mol. The summed E-state index contributed by atoms with van der Waals surface area (Å²) in [6.45, 7) is 19.6. The fourth-order valence-electron chi connectivity index (χ4n) is 4.52. The summed E-state index contributed by atoms with van der Waals surface area (Å²) in [5, 5.41) is 15.6. The lowest BCUT2D eigenvalue weighted by Gasteiger charge is -2.38. The SMILES string of the molecule is CCCCCC(C)(C)[C@H](NC)C(=O)N[C@H](C(=O)C(C)[C@@H](/C=C(\C)C(=O)O)C(C)C)C(C)(C)C. The molecule has 3 N–H and O–H groups in total. The molecule has 33 heavy (non-hydrogen) atoms. The Bertz CT molecular complexity index is 689. The number of hydrogen-bond donors (Lipinski definition) is 3. The van der Waals surface area contributed by atoms with Crippen LogP contribution in [0.4, 0.5) is 0 Å². The van der Waals surface area contributed by atoms with Gasteiger partial charge in [0, 0.05) is 11.5 Å². The van der Waals surface area contributed by atoms with Crippen molar-refractivity contribution in [2.45, 2.75) is 107 Å². The third kappa shape index (κ3) is 9.60. The van der Waals surface area contributed by atoms with E-state index in [1.165, 1.54) is 0 Å². The second-order valence-corrected chi connectivity index (χ2v) is 11.6. The molecule has 0 aromatic rings. The van der Waals surface area contributed by atoms with Gasteiger partial charge in [-0.05, 0) is 43.1 Å². The van der Waals surface area contributed by atoms with Gasteiger partial charge in [0.1, 0.15) is 0 Å². The summed E-state index contributed by atoms with van der Waals surface area (Å²) in [6.07, 6.45) is 5.90. The molecular formula is C27H50N2O4. The average molecular weight is 467 g/mol. The molecule has 0 aliphatic carbocycles. The van der Waals surface area contributed by atoms with Gasteiger partial charge >= 0.3 is 5.97 Å². The van der Waals surface area contributed by atoms with Crippen molar-refractivity contribution in [1.29, 1.82) is 0 Å². The van der Waals surface area contributed by atoms with Crippen LogP contribution in [0.5, 0.6) is 0 Å². The van der Waals surface area contributed by atoms with Crippen LogP contribution < -0.4 is 10.6 Å². The maximum Gasteiger partial charge on any atom is 0.330 e. The number of likely N-dealkylation sites (N-methyl/N-ethyl adjacent to an activating group) is 1.